The van der Waals surface area contributed by atoms with Crippen molar-refractivity contribution in [3.05, 3.63) is 69.8 Å². The van der Waals surface area contributed by atoms with Crippen molar-refractivity contribution in [3.63, 3.8) is 0 Å². The standard InChI is InChI=1S/C15H13N3O4/c1-10(11-6-2-3-7-12(11)15(19)20)16-17-13-8-4-5-9-14(13)18(21)22/h2-9,17H,1H3,(H,19,20)/b16-10+. The number of hydrazone groups is 1. The summed E-state index contributed by atoms with van der Waals surface area (Å²) >= 11 is 0. The fraction of sp³-hybridized carbons (Fsp3) is 0.0667. The van der Waals surface area contributed by atoms with Gasteiger partial charge in [0.25, 0.3) is 5.69 Å². The average Bonchev–Trinajstić information content (AvgIpc) is 2.52. The van der Waals surface area contributed by atoms with Crippen molar-refractivity contribution < 1.29 is 14.8 Å². The van der Waals surface area contributed by atoms with Crippen LogP contribution in [0, 0.1) is 10.1 Å². The minimum absolute atomic E-state index is 0.106. The van der Waals surface area contributed by atoms with E-state index < -0.39 is 10.9 Å². The molecule has 0 aromatic heterocycles. The Morgan fingerprint density at radius 2 is 1.73 bits per heavy atom. The van der Waals surface area contributed by atoms with Crippen LogP contribution in [-0.2, 0) is 0 Å². The first-order valence-corrected chi connectivity index (χ1v) is 6.37. The molecule has 0 aliphatic rings. The lowest BCUT2D eigenvalue weighted by Crippen LogP contribution is -2.08. The maximum Gasteiger partial charge on any atom is 0.336 e. The van der Waals surface area contributed by atoms with E-state index in [9.17, 15) is 14.9 Å². The average molecular weight is 299 g/mol. The Hall–Kier alpha value is -3.22. The van der Waals surface area contributed by atoms with Crippen molar-refractivity contribution in [2.24, 2.45) is 5.10 Å². The van der Waals surface area contributed by atoms with Gasteiger partial charge in [0.2, 0.25) is 0 Å². The number of hydrogen-bond donors (Lipinski definition) is 2. The van der Waals surface area contributed by atoms with Gasteiger partial charge < -0.3 is 5.11 Å². The van der Waals surface area contributed by atoms with Gasteiger partial charge in [-0.3, -0.25) is 15.5 Å². The molecular formula is C15H13N3O4. The quantitative estimate of drug-likeness (QED) is 0.501. The lowest BCUT2D eigenvalue weighted by Gasteiger charge is -2.07. The Bertz CT molecular complexity index is 756. The van der Waals surface area contributed by atoms with Crippen LogP contribution in [0.15, 0.2) is 53.6 Å². The molecule has 0 saturated heterocycles. The summed E-state index contributed by atoms with van der Waals surface area (Å²) in [7, 11) is 0. The highest BCUT2D eigenvalue weighted by Crippen LogP contribution is 2.23. The number of nitrogens with one attached hydrogen (secondary N) is 1. The molecule has 0 saturated carbocycles. The van der Waals surface area contributed by atoms with E-state index in [0.717, 1.165) is 0 Å². The smallest absolute Gasteiger partial charge is 0.336 e. The van der Waals surface area contributed by atoms with E-state index in [1.165, 1.54) is 18.2 Å². The highest BCUT2D eigenvalue weighted by Gasteiger charge is 2.13. The molecule has 2 aromatic carbocycles. The van der Waals surface area contributed by atoms with Gasteiger partial charge in [-0.1, -0.05) is 30.3 Å². The third-order valence-electron chi connectivity index (χ3n) is 2.99. The summed E-state index contributed by atoms with van der Waals surface area (Å²) in [4.78, 5) is 21.6. The van der Waals surface area contributed by atoms with Gasteiger partial charge in [0.15, 0.2) is 0 Å². The van der Waals surface area contributed by atoms with E-state index in [4.69, 9.17) is 5.11 Å². The molecule has 2 rings (SSSR count). The normalized spacial score (nSPS) is 11.0. The van der Waals surface area contributed by atoms with Gasteiger partial charge in [-0.2, -0.15) is 5.10 Å². The van der Waals surface area contributed by atoms with Crippen LogP contribution in [0.5, 0.6) is 0 Å². The molecular weight excluding hydrogens is 286 g/mol. The largest absolute Gasteiger partial charge is 0.478 e. The van der Waals surface area contributed by atoms with Crippen LogP contribution in [0.2, 0.25) is 0 Å². The summed E-state index contributed by atoms with van der Waals surface area (Å²) < 4.78 is 0. The maximum absolute atomic E-state index is 11.2. The highest BCUT2D eigenvalue weighted by molar-refractivity contribution is 6.07. The molecule has 0 bridgehead atoms. The fourth-order valence-electron chi connectivity index (χ4n) is 1.92. The van der Waals surface area contributed by atoms with Crippen LogP contribution < -0.4 is 5.43 Å². The maximum atomic E-state index is 11.2. The Morgan fingerprint density at radius 1 is 1.14 bits per heavy atom. The number of hydrogen-bond acceptors (Lipinski definition) is 5. The summed E-state index contributed by atoms with van der Waals surface area (Å²) in [6.45, 7) is 1.63. The second-order valence-electron chi connectivity index (χ2n) is 4.43. The van der Waals surface area contributed by atoms with E-state index in [1.807, 2.05) is 0 Å². The summed E-state index contributed by atoms with van der Waals surface area (Å²) in [6.07, 6.45) is 0. The van der Waals surface area contributed by atoms with E-state index in [2.05, 4.69) is 10.5 Å². The third kappa shape index (κ3) is 3.26. The van der Waals surface area contributed by atoms with Gasteiger partial charge in [-0.25, -0.2) is 4.79 Å². The predicted molar refractivity (Wildman–Crippen MR) is 82.3 cm³/mol. The van der Waals surface area contributed by atoms with Crippen molar-refractivity contribution in [3.8, 4) is 0 Å². The lowest BCUT2D eigenvalue weighted by atomic mass is 10.0. The molecule has 2 N–H and O–H groups in total. The van der Waals surface area contributed by atoms with Crippen molar-refractivity contribution in [1.29, 1.82) is 0 Å². The van der Waals surface area contributed by atoms with Crippen LogP contribution in [0.25, 0.3) is 0 Å². The van der Waals surface area contributed by atoms with Crippen LogP contribution in [0.1, 0.15) is 22.8 Å². The number of rotatable bonds is 5. The molecule has 0 spiro atoms. The van der Waals surface area contributed by atoms with E-state index >= 15 is 0 Å². The molecule has 7 nitrogen and oxygen atoms in total. The lowest BCUT2D eigenvalue weighted by molar-refractivity contribution is -0.384. The molecule has 0 radical (unpaired) electrons. The first-order valence-electron chi connectivity index (χ1n) is 6.37. The van der Waals surface area contributed by atoms with Gasteiger partial charge in [-0.05, 0) is 19.1 Å². The number of nitrogens with zero attached hydrogens (tertiary/aromatic N) is 2. The number of nitro groups is 1. The molecule has 2 aromatic rings. The van der Waals surface area contributed by atoms with Gasteiger partial charge in [0.1, 0.15) is 5.69 Å². The topological polar surface area (TPSA) is 105 Å². The molecule has 112 valence electrons. The molecule has 22 heavy (non-hydrogen) atoms. The molecule has 0 fully saturated rings. The van der Waals surface area contributed by atoms with E-state index in [0.29, 0.717) is 11.3 Å². The molecule has 0 aliphatic heterocycles. The number of carboxylic acids is 1. The SMILES string of the molecule is C/C(=N\Nc1ccccc1[N+](=O)[O-])c1ccccc1C(=O)O. The zero-order valence-corrected chi connectivity index (χ0v) is 11.7. The van der Waals surface area contributed by atoms with Gasteiger partial charge in [0, 0.05) is 11.6 Å². The number of anilines is 1. The first-order chi connectivity index (χ1) is 10.5. The number of nitro benzene ring substituents is 1. The monoisotopic (exact) mass is 299 g/mol. The summed E-state index contributed by atoms with van der Waals surface area (Å²) in [5.41, 5.74) is 3.72. The second kappa shape index (κ2) is 6.49. The fourth-order valence-corrected chi connectivity index (χ4v) is 1.92. The summed E-state index contributed by atoms with van der Waals surface area (Å²) in [6, 6.07) is 12.5. The van der Waals surface area contributed by atoms with E-state index in [-0.39, 0.29) is 16.9 Å². The number of para-hydroxylation sites is 2. The minimum atomic E-state index is -1.06. The van der Waals surface area contributed by atoms with Crippen LogP contribution in [-0.4, -0.2) is 21.7 Å². The molecule has 0 aliphatic carbocycles. The Balaban J connectivity index is 2.32. The van der Waals surface area contributed by atoms with Gasteiger partial charge in [0.05, 0.1) is 16.2 Å². The van der Waals surface area contributed by atoms with Crippen LogP contribution in [0.4, 0.5) is 11.4 Å². The summed E-state index contributed by atoms with van der Waals surface area (Å²) in [5, 5.41) is 24.1. The third-order valence-corrected chi connectivity index (χ3v) is 2.99. The Morgan fingerprint density at radius 3 is 2.36 bits per heavy atom. The van der Waals surface area contributed by atoms with Crippen molar-refractivity contribution in [1.82, 2.24) is 0 Å². The molecule has 7 heteroatoms. The van der Waals surface area contributed by atoms with E-state index in [1.54, 1.807) is 37.3 Å². The molecule has 0 amide bonds. The Labute approximate surface area is 126 Å². The number of aromatic carboxylic acids is 1. The van der Waals surface area contributed by atoms with Crippen molar-refractivity contribution in [2.75, 3.05) is 5.43 Å². The zero-order chi connectivity index (χ0) is 16.1. The number of benzene rings is 2. The van der Waals surface area contributed by atoms with Crippen molar-refractivity contribution in [2.45, 2.75) is 6.92 Å². The number of carboxylic acid groups (broad SMARTS) is 1. The highest BCUT2D eigenvalue weighted by atomic mass is 16.6. The van der Waals surface area contributed by atoms with Crippen LogP contribution in [0.3, 0.4) is 0 Å². The zero-order valence-electron chi connectivity index (χ0n) is 11.7. The van der Waals surface area contributed by atoms with Crippen molar-refractivity contribution >= 4 is 23.1 Å². The predicted octanol–water partition coefficient (Wildman–Crippen LogP) is 3.13. The minimum Gasteiger partial charge on any atom is -0.478 e. The van der Waals surface area contributed by atoms with Gasteiger partial charge in [-0.15, -0.1) is 0 Å². The van der Waals surface area contributed by atoms with Crippen LogP contribution >= 0.6 is 0 Å². The second-order valence-corrected chi connectivity index (χ2v) is 4.43. The van der Waals surface area contributed by atoms with Gasteiger partial charge >= 0.3 is 5.97 Å². The number of carbonyl (C=O) groups is 1. The molecule has 0 heterocycles. The summed E-state index contributed by atoms with van der Waals surface area (Å²) in [5.74, 6) is -1.06. The Kier molecular flexibility index (Phi) is 4.47. The molecule has 0 atom stereocenters. The molecule has 0 unspecified atom stereocenters. The first kappa shape index (κ1) is 15.2.